The van der Waals surface area contributed by atoms with Crippen LogP contribution in [0, 0.1) is 22.5 Å². The van der Waals surface area contributed by atoms with Crippen LogP contribution in [-0.2, 0) is 11.3 Å². The number of terminal acetylenes is 1. The van der Waals surface area contributed by atoms with Crippen molar-refractivity contribution in [3.63, 3.8) is 0 Å². The van der Waals surface area contributed by atoms with Crippen molar-refractivity contribution in [2.75, 3.05) is 13.2 Å². The lowest BCUT2D eigenvalue weighted by Crippen LogP contribution is -2.29. The summed E-state index contributed by atoms with van der Waals surface area (Å²) in [6, 6.07) is 4.01. The van der Waals surface area contributed by atoms with Crippen LogP contribution in [0.25, 0.3) is 0 Å². The van der Waals surface area contributed by atoms with Crippen LogP contribution < -0.4 is 15.8 Å². The van der Waals surface area contributed by atoms with Gasteiger partial charge in [-0.1, -0.05) is 5.92 Å². The molecule has 0 heterocycles. The Hall–Kier alpha value is -2.59. The quantitative estimate of drug-likeness (QED) is 0.432. The molecule has 1 aromatic carbocycles. The van der Waals surface area contributed by atoms with Crippen LogP contribution in [0.2, 0.25) is 0 Å². The predicted octanol–water partition coefficient (Wildman–Crippen LogP) is 0.182. The largest absolute Gasteiger partial charge is 0.483 e. The molecule has 0 aliphatic carbocycles. The number of carbonyl (C=O) groups is 1. The zero-order valence-corrected chi connectivity index (χ0v) is 10.1. The number of ether oxygens (including phenoxy) is 1. The van der Waals surface area contributed by atoms with E-state index in [1.165, 1.54) is 18.2 Å². The number of non-ortho nitro benzene ring substituents is 1. The van der Waals surface area contributed by atoms with Gasteiger partial charge in [0.15, 0.2) is 6.61 Å². The summed E-state index contributed by atoms with van der Waals surface area (Å²) >= 11 is 0. The fraction of sp³-hybridized carbons (Fsp3) is 0.250. The van der Waals surface area contributed by atoms with E-state index in [4.69, 9.17) is 16.9 Å². The van der Waals surface area contributed by atoms with Gasteiger partial charge >= 0.3 is 0 Å². The third-order valence-electron chi connectivity index (χ3n) is 2.22. The van der Waals surface area contributed by atoms with E-state index in [1.807, 2.05) is 0 Å². The fourth-order valence-electron chi connectivity index (χ4n) is 1.32. The molecular formula is C12H13N3O4. The Bertz CT molecular complexity index is 522. The second kappa shape index (κ2) is 6.98. The number of hydrogen-bond donors (Lipinski definition) is 2. The van der Waals surface area contributed by atoms with E-state index < -0.39 is 4.92 Å². The summed E-state index contributed by atoms with van der Waals surface area (Å²) < 4.78 is 5.24. The number of amides is 1. The number of rotatable bonds is 6. The molecule has 1 amide bonds. The van der Waals surface area contributed by atoms with Gasteiger partial charge in [-0.05, 0) is 6.07 Å². The number of nitrogens with zero attached hydrogens (tertiary/aromatic N) is 1. The SMILES string of the molecule is C#CCNC(=O)COc1ccc([N+](=O)[O-])cc1CN. The minimum absolute atomic E-state index is 0.0724. The molecule has 0 fully saturated rings. The van der Waals surface area contributed by atoms with Gasteiger partial charge in [-0.2, -0.15) is 0 Å². The summed E-state index contributed by atoms with van der Waals surface area (Å²) in [5, 5.41) is 13.0. The summed E-state index contributed by atoms with van der Waals surface area (Å²) in [5.74, 6) is 2.22. The topological polar surface area (TPSA) is 107 Å². The Kier molecular flexibility index (Phi) is 5.32. The van der Waals surface area contributed by atoms with Crippen molar-refractivity contribution in [1.82, 2.24) is 5.32 Å². The molecule has 7 nitrogen and oxygen atoms in total. The smallest absolute Gasteiger partial charge is 0.270 e. The van der Waals surface area contributed by atoms with Gasteiger partial charge in [0.05, 0.1) is 11.5 Å². The highest BCUT2D eigenvalue weighted by molar-refractivity contribution is 5.77. The lowest BCUT2D eigenvalue weighted by molar-refractivity contribution is -0.384. The minimum Gasteiger partial charge on any atom is -0.483 e. The first-order valence-electron chi connectivity index (χ1n) is 5.38. The highest BCUT2D eigenvalue weighted by Crippen LogP contribution is 2.23. The van der Waals surface area contributed by atoms with Crippen LogP contribution in [0.4, 0.5) is 5.69 Å². The Morgan fingerprint density at radius 1 is 1.58 bits per heavy atom. The Labute approximate surface area is 109 Å². The highest BCUT2D eigenvalue weighted by atomic mass is 16.6. The average Bonchev–Trinajstić information content (AvgIpc) is 2.42. The lowest BCUT2D eigenvalue weighted by Gasteiger charge is -2.09. The summed E-state index contributed by atoms with van der Waals surface area (Å²) in [6.45, 7) is -0.0400. The maximum absolute atomic E-state index is 11.3. The standard InChI is InChI=1S/C12H13N3O4/c1-2-5-14-12(16)8-19-11-4-3-10(15(17)18)6-9(11)7-13/h1,3-4,6H,5,7-8,13H2,(H,14,16). The molecule has 0 bridgehead atoms. The molecule has 0 radical (unpaired) electrons. The zero-order chi connectivity index (χ0) is 14.3. The average molecular weight is 263 g/mol. The van der Waals surface area contributed by atoms with E-state index >= 15 is 0 Å². The first-order valence-corrected chi connectivity index (χ1v) is 5.38. The molecule has 19 heavy (non-hydrogen) atoms. The molecule has 7 heteroatoms. The Balaban J connectivity index is 2.71. The summed E-state index contributed by atoms with van der Waals surface area (Å²) in [5.41, 5.74) is 5.85. The third-order valence-corrected chi connectivity index (χ3v) is 2.22. The molecule has 3 N–H and O–H groups in total. The molecule has 1 rings (SSSR count). The molecule has 0 aliphatic heterocycles. The molecule has 100 valence electrons. The van der Waals surface area contributed by atoms with Gasteiger partial charge in [0, 0.05) is 24.2 Å². The monoisotopic (exact) mass is 263 g/mol. The van der Waals surface area contributed by atoms with Crippen LogP contribution in [0.15, 0.2) is 18.2 Å². The van der Waals surface area contributed by atoms with Gasteiger partial charge in [0.25, 0.3) is 11.6 Å². The van der Waals surface area contributed by atoms with Gasteiger partial charge < -0.3 is 15.8 Å². The van der Waals surface area contributed by atoms with Crippen molar-refractivity contribution < 1.29 is 14.5 Å². The van der Waals surface area contributed by atoms with Gasteiger partial charge in [-0.25, -0.2) is 0 Å². The minimum atomic E-state index is -0.525. The maximum atomic E-state index is 11.3. The number of hydrogen-bond acceptors (Lipinski definition) is 5. The van der Waals surface area contributed by atoms with Crippen LogP contribution >= 0.6 is 0 Å². The van der Waals surface area contributed by atoms with Crippen molar-refractivity contribution in [1.29, 1.82) is 0 Å². The van der Waals surface area contributed by atoms with Crippen molar-refractivity contribution in [3.05, 3.63) is 33.9 Å². The molecule has 0 atom stereocenters. The first-order chi connectivity index (χ1) is 9.08. The Morgan fingerprint density at radius 2 is 2.32 bits per heavy atom. The fourth-order valence-corrected chi connectivity index (χ4v) is 1.32. The van der Waals surface area contributed by atoms with Crippen LogP contribution in [-0.4, -0.2) is 24.0 Å². The lowest BCUT2D eigenvalue weighted by atomic mass is 10.2. The number of nitrogens with two attached hydrogens (primary N) is 1. The summed E-state index contributed by atoms with van der Waals surface area (Å²) in [4.78, 5) is 21.4. The van der Waals surface area contributed by atoms with Crippen LogP contribution in [0.5, 0.6) is 5.75 Å². The van der Waals surface area contributed by atoms with E-state index in [0.29, 0.717) is 11.3 Å². The molecule has 0 saturated heterocycles. The normalized spacial score (nSPS) is 9.47. The van der Waals surface area contributed by atoms with Gasteiger partial charge in [-0.15, -0.1) is 6.42 Å². The van der Waals surface area contributed by atoms with Crippen molar-refractivity contribution in [2.24, 2.45) is 5.73 Å². The van der Waals surface area contributed by atoms with Crippen molar-refractivity contribution in [2.45, 2.75) is 6.54 Å². The molecule has 0 aromatic heterocycles. The summed E-state index contributed by atoms with van der Waals surface area (Å²) in [6.07, 6.45) is 4.99. The van der Waals surface area contributed by atoms with Gasteiger partial charge in [-0.3, -0.25) is 14.9 Å². The number of carbonyl (C=O) groups excluding carboxylic acids is 1. The van der Waals surface area contributed by atoms with E-state index in [9.17, 15) is 14.9 Å². The number of nitrogens with one attached hydrogen (secondary N) is 1. The highest BCUT2D eigenvalue weighted by Gasteiger charge is 2.11. The second-order valence-electron chi connectivity index (χ2n) is 3.52. The van der Waals surface area contributed by atoms with E-state index in [2.05, 4.69) is 11.2 Å². The van der Waals surface area contributed by atoms with Crippen LogP contribution in [0.1, 0.15) is 5.56 Å². The molecule has 0 spiro atoms. The molecule has 0 unspecified atom stereocenters. The first kappa shape index (κ1) is 14.5. The van der Waals surface area contributed by atoms with Gasteiger partial charge in [0.2, 0.25) is 0 Å². The van der Waals surface area contributed by atoms with Crippen LogP contribution in [0.3, 0.4) is 0 Å². The molecule has 0 aliphatic rings. The molecule has 1 aromatic rings. The maximum Gasteiger partial charge on any atom is 0.270 e. The van der Waals surface area contributed by atoms with E-state index in [1.54, 1.807) is 0 Å². The Morgan fingerprint density at radius 3 is 2.89 bits per heavy atom. The molecular weight excluding hydrogens is 250 g/mol. The summed E-state index contributed by atoms with van der Waals surface area (Å²) in [7, 11) is 0. The second-order valence-corrected chi connectivity index (χ2v) is 3.52. The van der Waals surface area contributed by atoms with Crippen molar-refractivity contribution >= 4 is 11.6 Å². The third kappa shape index (κ3) is 4.29. The number of nitro groups is 1. The number of benzene rings is 1. The number of nitro benzene ring substituents is 1. The zero-order valence-electron chi connectivity index (χ0n) is 10.1. The van der Waals surface area contributed by atoms with E-state index in [-0.39, 0.29) is 31.3 Å². The van der Waals surface area contributed by atoms with Crippen molar-refractivity contribution in [3.8, 4) is 18.1 Å². The van der Waals surface area contributed by atoms with Gasteiger partial charge in [0.1, 0.15) is 5.75 Å². The van der Waals surface area contributed by atoms with E-state index in [0.717, 1.165) is 0 Å². The molecule has 0 saturated carbocycles. The predicted molar refractivity (Wildman–Crippen MR) is 68.3 cm³/mol.